The molecule has 26 heavy (non-hydrogen) atoms. The Morgan fingerprint density at radius 2 is 2.04 bits per heavy atom. The second-order valence-electron chi connectivity index (χ2n) is 4.82. The number of pyridine rings is 1. The maximum atomic E-state index is 12.6. The predicted octanol–water partition coefficient (Wildman–Crippen LogP) is 4.17. The van der Waals surface area contributed by atoms with Crippen molar-refractivity contribution in [1.29, 1.82) is 5.26 Å². The number of aromatic nitrogens is 1. The summed E-state index contributed by atoms with van der Waals surface area (Å²) in [5.74, 6) is -0.762. The molecule has 11 heteroatoms. The highest BCUT2D eigenvalue weighted by Gasteiger charge is 2.49. The van der Waals surface area contributed by atoms with Gasteiger partial charge in [-0.2, -0.15) is 26.9 Å². The molecule has 0 aliphatic carbocycles. The first-order valence-electron chi connectivity index (χ1n) is 6.75. The van der Waals surface area contributed by atoms with Crippen LogP contribution in [-0.4, -0.2) is 18.9 Å². The molecule has 0 saturated carbocycles. The van der Waals surface area contributed by atoms with Crippen molar-refractivity contribution in [2.75, 3.05) is 0 Å². The Labute approximate surface area is 149 Å². The number of nitriles is 1. The molecule has 0 fully saturated rings. The van der Waals surface area contributed by atoms with Crippen LogP contribution in [0.15, 0.2) is 46.7 Å². The minimum atomic E-state index is -5.89. The lowest BCUT2D eigenvalue weighted by Gasteiger charge is -2.11. The molecule has 0 saturated heterocycles. The van der Waals surface area contributed by atoms with Gasteiger partial charge in [0.05, 0.1) is 28.5 Å². The van der Waals surface area contributed by atoms with Crippen molar-refractivity contribution in [3.63, 3.8) is 0 Å². The van der Waals surface area contributed by atoms with Gasteiger partial charge in [0.2, 0.25) is 5.88 Å². The summed E-state index contributed by atoms with van der Waals surface area (Å²) in [5, 5.41) is 11.1. The van der Waals surface area contributed by atoms with Gasteiger partial charge >= 0.3 is 15.6 Å². The van der Waals surface area contributed by atoms with E-state index in [4.69, 9.17) is 4.42 Å². The van der Waals surface area contributed by atoms with Gasteiger partial charge in [-0.1, -0.05) is 0 Å². The maximum Gasteiger partial charge on any atom is 0.534 e. The highest BCUT2D eigenvalue weighted by Crippen LogP contribution is 2.41. The third kappa shape index (κ3) is 3.16. The minimum Gasteiger partial charge on any atom is -0.472 e. The summed E-state index contributed by atoms with van der Waals surface area (Å²) in [6.45, 7) is 0. The van der Waals surface area contributed by atoms with Gasteiger partial charge in [-0.25, -0.2) is 4.98 Å². The van der Waals surface area contributed by atoms with Crippen LogP contribution < -0.4 is 4.18 Å². The molecule has 0 aromatic carbocycles. The molecule has 3 aromatic rings. The number of hydrogen-bond acceptors (Lipinski definition) is 7. The van der Waals surface area contributed by atoms with Gasteiger partial charge < -0.3 is 8.60 Å². The fourth-order valence-electron chi connectivity index (χ4n) is 2.08. The SMILES string of the molecule is N#Cc1c(-c2ccoc2)csc1-c1cccnc1OS(=O)(=O)C(F)(F)F. The van der Waals surface area contributed by atoms with Crippen LogP contribution in [0.1, 0.15) is 5.56 Å². The molecule has 0 amide bonds. The molecule has 0 atom stereocenters. The number of thiophene rings is 1. The van der Waals surface area contributed by atoms with Gasteiger partial charge in [0.1, 0.15) is 6.07 Å². The molecule has 134 valence electrons. The van der Waals surface area contributed by atoms with Crippen molar-refractivity contribution in [1.82, 2.24) is 4.98 Å². The largest absolute Gasteiger partial charge is 0.534 e. The molecule has 0 spiro atoms. The van der Waals surface area contributed by atoms with Crippen molar-refractivity contribution in [3.05, 3.63) is 47.9 Å². The first kappa shape index (κ1) is 18.0. The van der Waals surface area contributed by atoms with Crippen molar-refractivity contribution in [2.45, 2.75) is 5.51 Å². The lowest BCUT2D eigenvalue weighted by atomic mass is 10.0. The van der Waals surface area contributed by atoms with E-state index in [2.05, 4.69) is 9.17 Å². The molecular weight excluding hydrogens is 393 g/mol. The third-order valence-electron chi connectivity index (χ3n) is 3.22. The van der Waals surface area contributed by atoms with Gasteiger partial charge in [0, 0.05) is 22.7 Å². The Bertz CT molecular complexity index is 1080. The summed E-state index contributed by atoms with van der Waals surface area (Å²) in [7, 11) is -5.89. The Kier molecular flexibility index (Phi) is 4.47. The van der Waals surface area contributed by atoms with Crippen LogP contribution in [0, 0.1) is 11.3 Å². The Morgan fingerprint density at radius 1 is 1.27 bits per heavy atom. The van der Waals surface area contributed by atoms with Crippen LogP contribution >= 0.6 is 11.3 Å². The summed E-state index contributed by atoms with van der Waals surface area (Å²) < 4.78 is 69.5. The summed E-state index contributed by atoms with van der Waals surface area (Å²) in [5.41, 5.74) is -4.42. The number of alkyl halides is 3. The van der Waals surface area contributed by atoms with Gasteiger partial charge in [0.15, 0.2) is 0 Å². The van der Waals surface area contributed by atoms with Gasteiger partial charge in [-0.3, -0.25) is 0 Å². The Balaban J connectivity index is 2.12. The number of hydrogen-bond donors (Lipinski definition) is 0. The van der Waals surface area contributed by atoms with Crippen LogP contribution in [0.25, 0.3) is 21.6 Å². The van der Waals surface area contributed by atoms with Crippen molar-refractivity contribution >= 4 is 21.5 Å². The van der Waals surface area contributed by atoms with Crippen LogP contribution in [0.2, 0.25) is 0 Å². The second kappa shape index (κ2) is 6.47. The van der Waals surface area contributed by atoms with E-state index in [-0.39, 0.29) is 16.0 Å². The molecule has 0 aliphatic rings. The quantitative estimate of drug-likeness (QED) is 0.482. The molecule has 3 aromatic heterocycles. The molecular formula is C15H7F3N2O4S2. The van der Waals surface area contributed by atoms with E-state index in [0.717, 1.165) is 17.5 Å². The van der Waals surface area contributed by atoms with Gasteiger partial charge in [-0.15, -0.1) is 11.3 Å². The molecule has 0 bridgehead atoms. The van der Waals surface area contributed by atoms with E-state index in [1.807, 2.05) is 6.07 Å². The molecule has 0 N–H and O–H groups in total. The zero-order valence-corrected chi connectivity index (χ0v) is 14.2. The molecule has 0 unspecified atom stereocenters. The van der Waals surface area contributed by atoms with Crippen LogP contribution in [-0.2, 0) is 10.1 Å². The number of furan rings is 1. The Morgan fingerprint density at radius 3 is 2.65 bits per heavy atom. The average Bonchev–Trinajstić information content (AvgIpc) is 3.22. The topological polar surface area (TPSA) is 93.2 Å². The van der Waals surface area contributed by atoms with Crippen molar-refractivity contribution < 1.29 is 30.2 Å². The summed E-state index contributed by atoms with van der Waals surface area (Å²) >= 11 is 1.04. The first-order valence-corrected chi connectivity index (χ1v) is 9.03. The summed E-state index contributed by atoms with van der Waals surface area (Å²) in [6.07, 6.45) is 3.89. The van der Waals surface area contributed by atoms with Crippen molar-refractivity contribution in [2.24, 2.45) is 0 Å². The number of nitrogens with zero attached hydrogens (tertiary/aromatic N) is 2. The monoisotopic (exact) mass is 400 g/mol. The zero-order chi connectivity index (χ0) is 18.9. The maximum absolute atomic E-state index is 12.6. The lowest BCUT2D eigenvalue weighted by molar-refractivity contribution is -0.0501. The van der Waals surface area contributed by atoms with Gasteiger partial charge in [-0.05, 0) is 18.2 Å². The van der Waals surface area contributed by atoms with Crippen LogP contribution in [0.3, 0.4) is 0 Å². The lowest BCUT2D eigenvalue weighted by Crippen LogP contribution is -2.28. The van der Waals surface area contributed by atoms with E-state index in [1.165, 1.54) is 24.7 Å². The van der Waals surface area contributed by atoms with Gasteiger partial charge in [0.25, 0.3) is 0 Å². The van der Waals surface area contributed by atoms with E-state index in [1.54, 1.807) is 11.4 Å². The van der Waals surface area contributed by atoms with E-state index >= 15 is 0 Å². The molecule has 0 radical (unpaired) electrons. The fourth-order valence-corrected chi connectivity index (χ4v) is 3.56. The molecule has 3 rings (SSSR count). The smallest absolute Gasteiger partial charge is 0.472 e. The minimum absolute atomic E-state index is 0.0448. The molecule has 3 heterocycles. The predicted molar refractivity (Wildman–Crippen MR) is 85.6 cm³/mol. The van der Waals surface area contributed by atoms with E-state index in [0.29, 0.717) is 11.1 Å². The zero-order valence-electron chi connectivity index (χ0n) is 12.5. The molecule has 0 aliphatic heterocycles. The van der Waals surface area contributed by atoms with Crippen LogP contribution in [0.5, 0.6) is 5.88 Å². The first-order chi connectivity index (χ1) is 12.2. The molecule has 6 nitrogen and oxygen atoms in total. The Hall–Kier alpha value is -2.84. The fraction of sp³-hybridized carbons (Fsp3) is 0.0667. The van der Waals surface area contributed by atoms with E-state index < -0.39 is 21.5 Å². The highest BCUT2D eigenvalue weighted by atomic mass is 32.2. The van der Waals surface area contributed by atoms with Crippen molar-refractivity contribution in [3.8, 4) is 33.5 Å². The standard InChI is InChI=1S/C15H7F3N2O4S2/c16-15(17,18)26(21,22)24-14-10(2-1-4-20-14)13-11(6-19)12(8-25-13)9-3-5-23-7-9/h1-5,7-8H. The summed E-state index contributed by atoms with van der Waals surface area (Å²) in [4.78, 5) is 3.80. The highest BCUT2D eigenvalue weighted by molar-refractivity contribution is 7.88. The average molecular weight is 400 g/mol. The summed E-state index contributed by atoms with van der Waals surface area (Å²) in [6, 6.07) is 6.29. The third-order valence-corrected chi connectivity index (χ3v) is 5.18. The normalized spacial score (nSPS) is 11.9. The second-order valence-corrected chi connectivity index (χ2v) is 7.23. The number of rotatable bonds is 4. The van der Waals surface area contributed by atoms with E-state index in [9.17, 15) is 26.9 Å². The number of halogens is 3. The van der Waals surface area contributed by atoms with Crippen LogP contribution in [0.4, 0.5) is 13.2 Å².